The van der Waals surface area contributed by atoms with Gasteiger partial charge in [-0.3, -0.25) is 4.99 Å². The molecule has 0 atom stereocenters. The van der Waals surface area contributed by atoms with Gasteiger partial charge in [0.15, 0.2) is 5.96 Å². The molecule has 0 bridgehead atoms. The van der Waals surface area contributed by atoms with Crippen molar-refractivity contribution < 1.29 is 9.15 Å². The van der Waals surface area contributed by atoms with Gasteiger partial charge >= 0.3 is 0 Å². The molecule has 0 saturated carbocycles. The minimum atomic E-state index is 0.503. The Hall–Kier alpha value is -3.65. The third-order valence-electron chi connectivity index (χ3n) is 4.84. The summed E-state index contributed by atoms with van der Waals surface area (Å²) >= 11 is 1.61. The van der Waals surface area contributed by atoms with Gasteiger partial charge in [0.1, 0.15) is 17.0 Å². The van der Waals surface area contributed by atoms with Crippen LogP contribution >= 0.6 is 11.3 Å². The van der Waals surface area contributed by atoms with E-state index in [1.165, 1.54) is 5.56 Å². The maximum Gasteiger partial charge on any atom is 0.226 e. The summed E-state index contributed by atoms with van der Waals surface area (Å²) in [6.07, 6.45) is 1.66. The molecule has 4 rings (SSSR count). The van der Waals surface area contributed by atoms with Crippen molar-refractivity contribution in [1.82, 2.24) is 20.6 Å². The highest BCUT2D eigenvalue weighted by Gasteiger charge is 2.09. The minimum Gasteiger partial charge on any atom is -0.497 e. The second kappa shape index (κ2) is 10.1. The SMILES string of the molecule is CN=C(NCc1coc(-c2ccc(C)cc2)n1)NCc1csc(-c2ccc(OC)cc2)n1. The fraction of sp³-hybridized carbons (Fsp3) is 0.208. The predicted molar refractivity (Wildman–Crippen MR) is 128 cm³/mol. The maximum absolute atomic E-state index is 5.62. The molecule has 2 N–H and O–H groups in total. The molecule has 0 spiro atoms. The van der Waals surface area contributed by atoms with E-state index in [4.69, 9.17) is 14.1 Å². The second-order valence-corrected chi connectivity index (χ2v) is 8.02. The van der Waals surface area contributed by atoms with Gasteiger partial charge in [-0.1, -0.05) is 17.7 Å². The number of oxazole rings is 1. The number of methoxy groups -OCH3 is 1. The van der Waals surface area contributed by atoms with Crippen LogP contribution in [0.4, 0.5) is 0 Å². The first kappa shape index (κ1) is 21.6. The lowest BCUT2D eigenvalue weighted by Gasteiger charge is -2.09. The zero-order valence-corrected chi connectivity index (χ0v) is 19.1. The van der Waals surface area contributed by atoms with Crippen molar-refractivity contribution in [2.75, 3.05) is 14.2 Å². The second-order valence-electron chi connectivity index (χ2n) is 7.16. The Kier molecular flexibility index (Phi) is 6.81. The molecule has 32 heavy (non-hydrogen) atoms. The molecule has 7 nitrogen and oxygen atoms in total. The van der Waals surface area contributed by atoms with Crippen molar-refractivity contribution in [1.29, 1.82) is 0 Å². The molecule has 2 heterocycles. The van der Waals surface area contributed by atoms with E-state index in [9.17, 15) is 0 Å². The largest absolute Gasteiger partial charge is 0.497 e. The monoisotopic (exact) mass is 447 g/mol. The molecule has 0 aliphatic rings. The van der Waals surface area contributed by atoms with Gasteiger partial charge in [0.2, 0.25) is 5.89 Å². The summed E-state index contributed by atoms with van der Waals surface area (Å²) in [6.45, 7) is 3.13. The zero-order chi connectivity index (χ0) is 22.3. The number of rotatable bonds is 7. The third-order valence-corrected chi connectivity index (χ3v) is 5.78. The van der Waals surface area contributed by atoms with Gasteiger partial charge in [-0.15, -0.1) is 11.3 Å². The molecule has 0 aliphatic carbocycles. The van der Waals surface area contributed by atoms with Gasteiger partial charge in [0, 0.05) is 23.6 Å². The number of nitrogens with zero attached hydrogens (tertiary/aromatic N) is 3. The van der Waals surface area contributed by atoms with Crippen LogP contribution in [0.15, 0.2) is 69.6 Å². The lowest BCUT2D eigenvalue weighted by atomic mass is 10.1. The standard InChI is InChI=1S/C24H25N5O2S/c1-16-4-6-17(7-5-16)22-28-19(14-31-22)12-26-24(25-2)27-13-20-15-32-23(29-20)18-8-10-21(30-3)11-9-18/h4-11,14-15H,12-13H2,1-3H3,(H2,25,26,27). The first-order chi connectivity index (χ1) is 15.6. The number of aryl methyl sites for hydroxylation is 1. The lowest BCUT2D eigenvalue weighted by Crippen LogP contribution is -2.36. The molecule has 0 saturated heterocycles. The van der Waals surface area contributed by atoms with Crippen LogP contribution in [0, 0.1) is 6.92 Å². The quantitative estimate of drug-likeness (QED) is 0.317. The van der Waals surface area contributed by atoms with Gasteiger partial charge < -0.3 is 19.8 Å². The summed E-state index contributed by atoms with van der Waals surface area (Å²) in [5, 5.41) is 9.57. The van der Waals surface area contributed by atoms with E-state index in [0.717, 1.165) is 33.3 Å². The van der Waals surface area contributed by atoms with Crippen LogP contribution in [0.5, 0.6) is 5.75 Å². The number of aromatic nitrogens is 2. The summed E-state index contributed by atoms with van der Waals surface area (Å²) in [5.74, 6) is 2.11. The molecule has 0 amide bonds. The fourth-order valence-electron chi connectivity index (χ4n) is 3.04. The summed E-state index contributed by atoms with van der Waals surface area (Å²) < 4.78 is 10.8. The van der Waals surface area contributed by atoms with E-state index in [1.54, 1.807) is 31.8 Å². The number of aliphatic imine (C=N–C) groups is 1. The first-order valence-corrected chi connectivity index (χ1v) is 11.1. The molecule has 2 aromatic heterocycles. The molecule has 4 aromatic rings. The van der Waals surface area contributed by atoms with Gasteiger partial charge in [0.25, 0.3) is 0 Å². The minimum absolute atomic E-state index is 0.503. The highest BCUT2D eigenvalue weighted by molar-refractivity contribution is 7.13. The van der Waals surface area contributed by atoms with Gasteiger partial charge in [-0.2, -0.15) is 0 Å². The third kappa shape index (κ3) is 5.33. The Morgan fingerprint density at radius 3 is 2.34 bits per heavy atom. The van der Waals surface area contributed by atoms with Gasteiger partial charge in [0.05, 0.1) is 31.6 Å². The highest BCUT2D eigenvalue weighted by Crippen LogP contribution is 2.25. The molecule has 8 heteroatoms. The number of hydrogen-bond donors (Lipinski definition) is 2. The number of benzene rings is 2. The topological polar surface area (TPSA) is 84.6 Å². The summed E-state index contributed by atoms with van der Waals surface area (Å²) in [5.41, 5.74) is 4.99. The van der Waals surface area contributed by atoms with E-state index >= 15 is 0 Å². The Labute approximate surface area is 191 Å². The van der Waals surface area contributed by atoms with Crippen molar-refractivity contribution in [3.05, 3.63) is 77.1 Å². The van der Waals surface area contributed by atoms with Crippen LogP contribution in [-0.4, -0.2) is 30.1 Å². The zero-order valence-electron chi connectivity index (χ0n) is 18.3. The molecular weight excluding hydrogens is 422 g/mol. The van der Waals surface area contributed by atoms with Crippen molar-refractivity contribution in [3.63, 3.8) is 0 Å². The number of guanidine groups is 1. The molecule has 0 aliphatic heterocycles. The predicted octanol–water partition coefficient (Wildman–Crippen LogP) is 4.65. The Bertz CT molecular complexity index is 1180. The summed E-state index contributed by atoms with van der Waals surface area (Å²) in [4.78, 5) is 13.5. The van der Waals surface area contributed by atoms with E-state index < -0.39 is 0 Å². The van der Waals surface area contributed by atoms with Gasteiger partial charge in [-0.05, 0) is 43.3 Å². The van der Waals surface area contributed by atoms with E-state index in [-0.39, 0.29) is 0 Å². The normalized spacial score (nSPS) is 11.4. The van der Waals surface area contributed by atoms with Crippen molar-refractivity contribution in [2.24, 2.45) is 4.99 Å². The van der Waals surface area contributed by atoms with Crippen LogP contribution in [0.1, 0.15) is 17.0 Å². The average Bonchev–Trinajstić information content (AvgIpc) is 3.50. The van der Waals surface area contributed by atoms with Crippen LogP contribution < -0.4 is 15.4 Å². The van der Waals surface area contributed by atoms with Crippen LogP contribution in [0.3, 0.4) is 0 Å². The number of ether oxygens (including phenoxy) is 1. The molecule has 2 aromatic carbocycles. The van der Waals surface area contributed by atoms with Crippen LogP contribution in [0.25, 0.3) is 22.0 Å². The number of nitrogens with one attached hydrogen (secondary N) is 2. The first-order valence-electron chi connectivity index (χ1n) is 10.2. The summed E-state index contributed by atoms with van der Waals surface area (Å²) in [7, 11) is 3.40. The van der Waals surface area contributed by atoms with E-state index in [0.29, 0.717) is 24.9 Å². The molecule has 164 valence electrons. The van der Waals surface area contributed by atoms with Crippen LogP contribution in [-0.2, 0) is 13.1 Å². The van der Waals surface area contributed by atoms with Gasteiger partial charge in [-0.25, -0.2) is 9.97 Å². The average molecular weight is 448 g/mol. The molecule has 0 unspecified atom stereocenters. The Morgan fingerprint density at radius 1 is 0.969 bits per heavy atom. The molecule has 0 fully saturated rings. The van der Waals surface area contributed by atoms with E-state index in [1.807, 2.05) is 53.9 Å². The smallest absolute Gasteiger partial charge is 0.226 e. The van der Waals surface area contributed by atoms with Crippen molar-refractivity contribution in [3.8, 4) is 27.8 Å². The maximum atomic E-state index is 5.62. The molecule has 0 radical (unpaired) electrons. The van der Waals surface area contributed by atoms with Crippen molar-refractivity contribution >= 4 is 17.3 Å². The summed E-state index contributed by atoms with van der Waals surface area (Å²) in [6, 6.07) is 16.0. The molecular formula is C24H25N5O2S. The highest BCUT2D eigenvalue weighted by atomic mass is 32.1. The number of thiazole rings is 1. The van der Waals surface area contributed by atoms with Crippen LogP contribution in [0.2, 0.25) is 0 Å². The van der Waals surface area contributed by atoms with E-state index in [2.05, 4.69) is 27.5 Å². The fourth-order valence-corrected chi connectivity index (χ4v) is 3.87. The number of hydrogen-bond acceptors (Lipinski definition) is 6. The Balaban J connectivity index is 1.30. The Morgan fingerprint density at radius 2 is 1.66 bits per heavy atom. The lowest BCUT2D eigenvalue weighted by molar-refractivity contribution is 0.415. The van der Waals surface area contributed by atoms with Crippen molar-refractivity contribution in [2.45, 2.75) is 20.0 Å².